The third kappa shape index (κ3) is 1.13. The summed E-state index contributed by atoms with van der Waals surface area (Å²) in [7, 11) is 1.91. The predicted molar refractivity (Wildman–Crippen MR) is 26.7 cm³/mol. The molecule has 0 aromatic heterocycles. The van der Waals surface area contributed by atoms with Gasteiger partial charge in [0.1, 0.15) is 6.17 Å². The molecule has 1 fully saturated rings. The van der Waals surface area contributed by atoms with Crippen LogP contribution < -0.4 is 0 Å². The Morgan fingerprint density at radius 2 is 2.57 bits per heavy atom. The van der Waals surface area contributed by atoms with E-state index in [0.29, 0.717) is 6.54 Å². The Bertz CT molecular complexity index is 57.1. The molecule has 1 heterocycles. The zero-order valence-corrected chi connectivity index (χ0v) is 4.39. The van der Waals surface area contributed by atoms with Gasteiger partial charge in [0.15, 0.2) is 0 Å². The monoisotopic (exact) mass is 102 g/mol. The van der Waals surface area contributed by atoms with Crippen molar-refractivity contribution in [2.24, 2.45) is 0 Å². The summed E-state index contributed by atoms with van der Waals surface area (Å²) in [6.07, 6.45) is 1.00. The Hall–Kier alpha value is -0.110. The molecule has 0 aliphatic carbocycles. The normalized spacial score (nSPS) is 34.3. The second kappa shape index (κ2) is 1.78. The minimum Gasteiger partial charge on any atom is -0.303 e. The molecule has 1 saturated heterocycles. The Balaban J connectivity index is 2.26. The molecule has 41 valence electrons. The lowest BCUT2D eigenvalue weighted by molar-refractivity contribution is 0.331. The van der Waals surface area contributed by atoms with Crippen LogP contribution in [0, 0.1) is 6.42 Å². The third-order valence-corrected chi connectivity index (χ3v) is 1.16. The molecule has 2 heteroatoms. The van der Waals surface area contributed by atoms with Gasteiger partial charge in [-0.25, -0.2) is 4.39 Å². The molecule has 0 saturated carbocycles. The van der Waals surface area contributed by atoms with Gasteiger partial charge < -0.3 is 4.90 Å². The van der Waals surface area contributed by atoms with Gasteiger partial charge in [-0.3, -0.25) is 0 Å². The Labute approximate surface area is 43.1 Å². The van der Waals surface area contributed by atoms with E-state index in [-0.39, 0.29) is 0 Å². The molecule has 0 amide bonds. The lowest BCUT2D eigenvalue weighted by Gasteiger charge is -2.01. The molecule has 1 radical (unpaired) electrons. The van der Waals surface area contributed by atoms with E-state index in [1.165, 1.54) is 0 Å². The van der Waals surface area contributed by atoms with Crippen molar-refractivity contribution in [3.63, 3.8) is 0 Å². The van der Waals surface area contributed by atoms with E-state index < -0.39 is 6.17 Å². The summed E-state index contributed by atoms with van der Waals surface area (Å²) in [6.45, 7) is 1.39. The van der Waals surface area contributed by atoms with Crippen molar-refractivity contribution in [3.05, 3.63) is 6.42 Å². The maximum absolute atomic E-state index is 12.1. The van der Waals surface area contributed by atoms with Gasteiger partial charge in [-0.1, -0.05) is 0 Å². The van der Waals surface area contributed by atoms with Gasteiger partial charge in [-0.05, 0) is 7.05 Å². The highest BCUT2D eigenvalue weighted by Gasteiger charge is 2.17. The second-order valence-electron chi connectivity index (χ2n) is 1.97. The van der Waals surface area contributed by atoms with Crippen LogP contribution in [-0.2, 0) is 0 Å². The second-order valence-corrected chi connectivity index (χ2v) is 1.97. The van der Waals surface area contributed by atoms with Crippen molar-refractivity contribution in [3.8, 4) is 0 Å². The smallest absolute Gasteiger partial charge is 0.117 e. The van der Waals surface area contributed by atoms with Gasteiger partial charge in [-0.15, -0.1) is 0 Å². The Kier molecular flexibility index (Phi) is 1.28. The first-order chi connectivity index (χ1) is 3.29. The molecule has 7 heavy (non-hydrogen) atoms. The van der Waals surface area contributed by atoms with E-state index in [0.717, 1.165) is 6.54 Å². The van der Waals surface area contributed by atoms with Crippen LogP contribution in [0.4, 0.5) is 4.39 Å². The Morgan fingerprint density at radius 3 is 2.71 bits per heavy atom. The highest BCUT2D eigenvalue weighted by Crippen LogP contribution is 2.07. The van der Waals surface area contributed by atoms with E-state index in [1.54, 1.807) is 6.42 Å². The number of likely N-dealkylation sites (tertiary alicyclic amines) is 1. The maximum atomic E-state index is 12.1. The summed E-state index contributed by atoms with van der Waals surface area (Å²) in [4.78, 5) is 1.95. The van der Waals surface area contributed by atoms with Crippen LogP contribution in [0.2, 0.25) is 0 Å². The van der Waals surface area contributed by atoms with Crippen molar-refractivity contribution < 1.29 is 4.39 Å². The molecule has 0 aromatic carbocycles. The maximum Gasteiger partial charge on any atom is 0.117 e. The summed E-state index contributed by atoms with van der Waals surface area (Å²) >= 11 is 0. The largest absolute Gasteiger partial charge is 0.303 e. The molecule has 0 N–H and O–H groups in total. The van der Waals surface area contributed by atoms with Crippen LogP contribution in [0.3, 0.4) is 0 Å². The van der Waals surface area contributed by atoms with Crippen LogP contribution in [0.15, 0.2) is 0 Å². The molecule has 0 spiro atoms. The average Bonchev–Trinajstić information content (AvgIpc) is 1.87. The van der Waals surface area contributed by atoms with Crippen LogP contribution in [0.1, 0.15) is 0 Å². The third-order valence-electron chi connectivity index (χ3n) is 1.16. The van der Waals surface area contributed by atoms with Gasteiger partial charge >= 0.3 is 0 Å². The molecule has 1 aliphatic heterocycles. The minimum atomic E-state index is -0.676. The minimum absolute atomic E-state index is 0.583. The number of nitrogens with zero attached hydrogens (tertiary/aromatic N) is 1. The number of hydrogen-bond donors (Lipinski definition) is 0. The van der Waals surface area contributed by atoms with Crippen LogP contribution in [-0.4, -0.2) is 31.2 Å². The van der Waals surface area contributed by atoms with Crippen LogP contribution >= 0.6 is 0 Å². The molecular formula is C5H9FN. The predicted octanol–water partition coefficient (Wildman–Crippen LogP) is 0.474. The van der Waals surface area contributed by atoms with Gasteiger partial charge in [0.25, 0.3) is 0 Å². The zero-order valence-electron chi connectivity index (χ0n) is 4.39. The topological polar surface area (TPSA) is 3.24 Å². The van der Waals surface area contributed by atoms with Crippen molar-refractivity contribution in [1.82, 2.24) is 4.90 Å². The molecular weight excluding hydrogens is 93.1 g/mol. The lowest BCUT2D eigenvalue weighted by atomic mass is 10.4. The van der Waals surface area contributed by atoms with Crippen molar-refractivity contribution >= 4 is 0 Å². The van der Waals surface area contributed by atoms with Crippen LogP contribution in [0.5, 0.6) is 0 Å². The highest BCUT2D eigenvalue weighted by atomic mass is 19.1. The molecule has 1 nitrogen and oxygen atoms in total. The van der Waals surface area contributed by atoms with E-state index in [4.69, 9.17) is 0 Å². The fourth-order valence-corrected chi connectivity index (χ4v) is 0.741. The van der Waals surface area contributed by atoms with Gasteiger partial charge in [0.2, 0.25) is 0 Å². The molecule has 1 aliphatic rings. The van der Waals surface area contributed by atoms with Crippen molar-refractivity contribution in [1.29, 1.82) is 0 Å². The first-order valence-corrected chi connectivity index (χ1v) is 2.45. The number of halogens is 1. The first kappa shape index (κ1) is 5.04. The fourth-order valence-electron chi connectivity index (χ4n) is 0.741. The fraction of sp³-hybridized carbons (Fsp3) is 0.800. The average molecular weight is 102 g/mol. The molecule has 0 bridgehead atoms. The number of hydrogen-bond acceptors (Lipinski definition) is 1. The summed E-state index contributed by atoms with van der Waals surface area (Å²) in [5, 5.41) is 0. The van der Waals surface area contributed by atoms with Crippen LogP contribution in [0.25, 0.3) is 0 Å². The first-order valence-electron chi connectivity index (χ1n) is 2.45. The summed E-state index contributed by atoms with van der Waals surface area (Å²) in [6, 6.07) is 0. The summed E-state index contributed by atoms with van der Waals surface area (Å²) < 4.78 is 12.1. The number of rotatable bonds is 0. The molecule has 1 atom stereocenters. The standard InChI is InChI=1S/C5H9FN/c1-7-3-2-5(6)4-7/h2,5H,3-4H2,1H3/t5-/m1/s1. The summed E-state index contributed by atoms with van der Waals surface area (Å²) in [5.74, 6) is 0. The van der Waals surface area contributed by atoms with Gasteiger partial charge in [0, 0.05) is 19.5 Å². The van der Waals surface area contributed by atoms with E-state index >= 15 is 0 Å². The summed E-state index contributed by atoms with van der Waals surface area (Å²) in [5.41, 5.74) is 0. The number of alkyl halides is 1. The zero-order chi connectivity index (χ0) is 5.28. The van der Waals surface area contributed by atoms with E-state index in [1.807, 2.05) is 11.9 Å². The quantitative estimate of drug-likeness (QED) is 0.430. The molecule has 1 rings (SSSR count). The van der Waals surface area contributed by atoms with Gasteiger partial charge in [-0.2, -0.15) is 0 Å². The SMILES string of the molecule is CN1C[CH][C@@H](F)C1. The Morgan fingerprint density at radius 1 is 1.86 bits per heavy atom. The van der Waals surface area contributed by atoms with Crippen molar-refractivity contribution in [2.45, 2.75) is 6.17 Å². The van der Waals surface area contributed by atoms with E-state index in [2.05, 4.69) is 0 Å². The van der Waals surface area contributed by atoms with E-state index in [9.17, 15) is 4.39 Å². The van der Waals surface area contributed by atoms with Crippen molar-refractivity contribution in [2.75, 3.05) is 20.1 Å². The lowest BCUT2D eigenvalue weighted by Crippen LogP contribution is -2.13. The van der Waals surface area contributed by atoms with Gasteiger partial charge in [0.05, 0.1) is 0 Å². The highest BCUT2D eigenvalue weighted by molar-refractivity contribution is 4.88. The molecule has 0 aromatic rings. The molecule has 0 unspecified atom stereocenters.